The van der Waals surface area contributed by atoms with E-state index in [1.165, 1.54) is 28.6 Å². The summed E-state index contributed by atoms with van der Waals surface area (Å²) in [7, 11) is -3.54. The molecule has 0 unspecified atom stereocenters. The molecule has 0 spiro atoms. The minimum atomic E-state index is -3.54. The zero-order valence-electron chi connectivity index (χ0n) is 14.1. The summed E-state index contributed by atoms with van der Waals surface area (Å²) in [6, 6.07) is 14.3. The van der Waals surface area contributed by atoms with E-state index in [2.05, 4.69) is 5.32 Å². The van der Waals surface area contributed by atoms with Crippen molar-refractivity contribution < 1.29 is 13.2 Å². The van der Waals surface area contributed by atoms with Crippen molar-refractivity contribution in [2.24, 2.45) is 0 Å². The van der Waals surface area contributed by atoms with E-state index in [4.69, 9.17) is 5.26 Å². The van der Waals surface area contributed by atoms with E-state index in [0.29, 0.717) is 29.9 Å². The molecule has 0 saturated carbocycles. The first kappa shape index (κ1) is 18.6. The van der Waals surface area contributed by atoms with Gasteiger partial charge in [-0.25, -0.2) is 8.42 Å². The third-order valence-corrected chi connectivity index (χ3v) is 5.80. The quantitative estimate of drug-likeness (QED) is 0.861. The fraction of sp³-hybridized carbons (Fsp3) is 0.222. The summed E-state index contributed by atoms with van der Waals surface area (Å²) in [5.41, 5.74) is 1.41. The highest BCUT2D eigenvalue weighted by atomic mass is 32.2. The van der Waals surface area contributed by atoms with Crippen LogP contribution in [0.15, 0.2) is 53.4 Å². The Labute approximate surface area is 147 Å². The SMILES string of the molecule is CCN(CC)S(=O)(=O)c1ccc(C(=O)Nc2ccc(C#N)cc2)cc1. The largest absolute Gasteiger partial charge is 0.322 e. The maximum absolute atomic E-state index is 12.4. The van der Waals surface area contributed by atoms with Crippen molar-refractivity contribution in [1.29, 1.82) is 5.26 Å². The molecule has 0 aromatic heterocycles. The summed E-state index contributed by atoms with van der Waals surface area (Å²) < 4.78 is 26.2. The molecule has 7 heteroatoms. The highest BCUT2D eigenvalue weighted by Gasteiger charge is 2.21. The molecule has 6 nitrogen and oxygen atoms in total. The van der Waals surface area contributed by atoms with E-state index < -0.39 is 10.0 Å². The summed E-state index contributed by atoms with van der Waals surface area (Å²) in [5, 5.41) is 11.5. The number of hydrogen-bond acceptors (Lipinski definition) is 4. The summed E-state index contributed by atoms with van der Waals surface area (Å²) in [6.45, 7) is 4.33. The van der Waals surface area contributed by atoms with Crippen LogP contribution < -0.4 is 5.32 Å². The lowest BCUT2D eigenvalue weighted by Gasteiger charge is -2.18. The van der Waals surface area contributed by atoms with Crippen LogP contribution >= 0.6 is 0 Å². The number of benzene rings is 2. The zero-order valence-corrected chi connectivity index (χ0v) is 14.9. The standard InChI is InChI=1S/C18H19N3O3S/c1-3-21(4-2)25(23,24)17-11-7-15(8-12-17)18(22)20-16-9-5-14(13-19)6-10-16/h5-12H,3-4H2,1-2H3,(H,20,22). The van der Waals surface area contributed by atoms with Crippen molar-refractivity contribution in [3.8, 4) is 6.07 Å². The molecule has 1 N–H and O–H groups in total. The lowest BCUT2D eigenvalue weighted by atomic mass is 10.2. The zero-order chi connectivity index (χ0) is 18.4. The third-order valence-electron chi connectivity index (χ3n) is 3.73. The molecule has 0 aliphatic heterocycles. The average Bonchev–Trinajstić information content (AvgIpc) is 2.63. The van der Waals surface area contributed by atoms with E-state index in [9.17, 15) is 13.2 Å². The minimum absolute atomic E-state index is 0.158. The molecule has 0 bridgehead atoms. The molecule has 0 aliphatic rings. The van der Waals surface area contributed by atoms with E-state index >= 15 is 0 Å². The van der Waals surface area contributed by atoms with Crippen molar-refractivity contribution in [1.82, 2.24) is 4.31 Å². The average molecular weight is 357 g/mol. The Morgan fingerprint density at radius 1 is 1.04 bits per heavy atom. The predicted molar refractivity (Wildman–Crippen MR) is 95.7 cm³/mol. The molecule has 2 aromatic carbocycles. The Kier molecular flexibility index (Phi) is 5.91. The van der Waals surface area contributed by atoms with Crippen LogP contribution in [0.4, 0.5) is 5.69 Å². The van der Waals surface area contributed by atoms with Gasteiger partial charge in [-0.1, -0.05) is 13.8 Å². The van der Waals surface area contributed by atoms with E-state index in [-0.39, 0.29) is 10.8 Å². The molecular weight excluding hydrogens is 338 g/mol. The normalized spacial score (nSPS) is 11.1. The van der Waals surface area contributed by atoms with Crippen LogP contribution in [0.3, 0.4) is 0 Å². The predicted octanol–water partition coefficient (Wildman–Crippen LogP) is 2.84. The molecule has 0 heterocycles. The van der Waals surface area contributed by atoms with Crippen molar-refractivity contribution in [3.63, 3.8) is 0 Å². The van der Waals surface area contributed by atoms with Crippen molar-refractivity contribution in [2.75, 3.05) is 18.4 Å². The van der Waals surface area contributed by atoms with Crippen LogP contribution in [-0.2, 0) is 10.0 Å². The van der Waals surface area contributed by atoms with E-state index in [1.807, 2.05) is 6.07 Å². The summed E-state index contributed by atoms with van der Waals surface area (Å²) >= 11 is 0. The molecule has 0 radical (unpaired) electrons. The first-order valence-corrected chi connectivity index (χ1v) is 9.28. The molecule has 0 fully saturated rings. The third kappa shape index (κ3) is 4.24. The lowest BCUT2D eigenvalue weighted by Crippen LogP contribution is -2.30. The van der Waals surface area contributed by atoms with Crippen LogP contribution in [-0.4, -0.2) is 31.7 Å². The number of anilines is 1. The van der Waals surface area contributed by atoms with Gasteiger partial charge in [0.1, 0.15) is 0 Å². The topological polar surface area (TPSA) is 90.3 Å². The summed E-state index contributed by atoms with van der Waals surface area (Å²) in [4.78, 5) is 12.4. The molecule has 25 heavy (non-hydrogen) atoms. The lowest BCUT2D eigenvalue weighted by molar-refractivity contribution is 0.102. The van der Waals surface area contributed by atoms with Crippen LogP contribution in [0.1, 0.15) is 29.8 Å². The van der Waals surface area contributed by atoms with Gasteiger partial charge in [0.15, 0.2) is 0 Å². The van der Waals surface area contributed by atoms with Crippen molar-refractivity contribution in [2.45, 2.75) is 18.7 Å². The Morgan fingerprint density at radius 2 is 1.60 bits per heavy atom. The molecular formula is C18H19N3O3S. The monoisotopic (exact) mass is 357 g/mol. The van der Waals surface area contributed by atoms with Gasteiger partial charge in [0, 0.05) is 24.3 Å². The van der Waals surface area contributed by atoms with Crippen LogP contribution in [0.2, 0.25) is 0 Å². The second-order valence-electron chi connectivity index (χ2n) is 5.26. The first-order chi connectivity index (χ1) is 11.9. The maximum atomic E-state index is 12.4. The Bertz CT molecular complexity index is 879. The smallest absolute Gasteiger partial charge is 0.255 e. The highest BCUT2D eigenvalue weighted by Crippen LogP contribution is 2.17. The summed E-state index contributed by atoms with van der Waals surface area (Å²) in [5.74, 6) is -0.350. The minimum Gasteiger partial charge on any atom is -0.322 e. The molecule has 1 amide bonds. The van der Waals surface area contributed by atoms with Gasteiger partial charge in [-0.15, -0.1) is 0 Å². The molecule has 2 rings (SSSR count). The number of rotatable bonds is 6. The second kappa shape index (κ2) is 7.92. The van der Waals surface area contributed by atoms with Crippen LogP contribution in [0.5, 0.6) is 0 Å². The van der Waals surface area contributed by atoms with Gasteiger partial charge < -0.3 is 5.32 Å². The summed E-state index contributed by atoms with van der Waals surface area (Å²) in [6.07, 6.45) is 0. The number of nitriles is 1. The second-order valence-corrected chi connectivity index (χ2v) is 7.19. The Hall–Kier alpha value is -2.69. The first-order valence-electron chi connectivity index (χ1n) is 7.84. The molecule has 0 aliphatic carbocycles. The number of carbonyl (C=O) groups is 1. The molecule has 0 saturated heterocycles. The number of amides is 1. The van der Waals surface area contributed by atoms with E-state index in [1.54, 1.807) is 38.1 Å². The van der Waals surface area contributed by atoms with Gasteiger partial charge in [-0.2, -0.15) is 9.57 Å². The van der Waals surface area contributed by atoms with Gasteiger partial charge in [0.05, 0.1) is 16.5 Å². The fourth-order valence-electron chi connectivity index (χ4n) is 2.32. The van der Waals surface area contributed by atoms with Gasteiger partial charge in [-0.3, -0.25) is 4.79 Å². The molecule has 0 atom stereocenters. The number of nitrogens with one attached hydrogen (secondary N) is 1. The van der Waals surface area contributed by atoms with Crippen LogP contribution in [0.25, 0.3) is 0 Å². The molecule has 2 aromatic rings. The van der Waals surface area contributed by atoms with Gasteiger partial charge in [-0.05, 0) is 48.5 Å². The Balaban J connectivity index is 2.16. The van der Waals surface area contributed by atoms with E-state index in [0.717, 1.165) is 0 Å². The number of hydrogen-bond donors (Lipinski definition) is 1. The van der Waals surface area contributed by atoms with Crippen molar-refractivity contribution >= 4 is 21.6 Å². The number of sulfonamides is 1. The number of nitrogens with zero attached hydrogens (tertiary/aromatic N) is 2. The van der Waals surface area contributed by atoms with Gasteiger partial charge in [0.25, 0.3) is 5.91 Å². The van der Waals surface area contributed by atoms with Gasteiger partial charge >= 0.3 is 0 Å². The van der Waals surface area contributed by atoms with Gasteiger partial charge in [0.2, 0.25) is 10.0 Å². The molecule has 130 valence electrons. The van der Waals surface area contributed by atoms with Crippen LogP contribution in [0, 0.1) is 11.3 Å². The maximum Gasteiger partial charge on any atom is 0.255 e. The Morgan fingerprint density at radius 3 is 2.08 bits per heavy atom. The fourth-order valence-corrected chi connectivity index (χ4v) is 3.78. The number of carbonyl (C=O) groups excluding carboxylic acids is 1. The highest BCUT2D eigenvalue weighted by molar-refractivity contribution is 7.89. The van der Waals surface area contributed by atoms with Crippen molar-refractivity contribution in [3.05, 3.63) is 59.7 Å².